The summed E-state index contributed by atoms with van der Waals surface area (Å²) in [5, 5.41) is 14.4. The van der Waals surface area contributed by atoms with Crippen LogP contribution in [-0.2, 0) is 17.6 Å². The van der Waals surface area contributed by atoms with Crippen LogP contribution >= 0.6 is 22.7 Å². The SMILES string of the molecule is N#Cc1c(NC(=O)CN2CCCC2c2nc3ccccc3s2)sc2c1CCC2. The molecule has 1 aromatic carbocycles. The number of fused-ring (bicyclic) bond motifs is 2. The van der Waals surface area contributed by atoms with E-state index < -0.39 is 0 Å². The van der Waals surface area contributed by atoms with Gasteiger partial charge in [0, 0.05) is 4.88 Å². The number of hydrogen-bond donors (Lipinski definition) is 1. The van der Waals surface area contributed by atoms with Crippen LogP contribution in [0.1, 0.15) is 46.3 Å². The van der Waals surface area contributed by atoms with E-state index in [9.17, 15) is 10.1 Å². The lowest BCUT2D eigenvalue weighted by molar-refractivity contribution is -0.117. The molecular formula is C21H20N4OS2. The number of nitrogens with one attached hydrogen (secondary N) is 1. The first-order chi connectivity index (χ1) is 13.7. The molecule has 1 aliphatic carbocycles. The van der Waals surface area contributed by atoms with E-state index >= 15 is 0 Å². The lowest BCUT2D eigenvalue weighted by atomic mass is 10.1. The van der Waals surface area contributed by atoms with Crippen LogP contribution in [-0.4, -0.2) is 28.9 Å². The van der Waals surface area contributed by atoms with Crippen molar-refractivity contribution in [3.05, 3.63) is 45.3 Å². The molecule has 1 aliphatic heterocycles. The number of likely N-dealkylation sites (tertiary alicyclic amines) is 1. The van der Waals surface area contributed by atoms with Crippen LogP contribution in [0.25, 0.3) is 10.2 Å². The summed E-state index contributed by atoms with van der Waals surface area (Å²) in [4.78, 5) is 21.0. The van der Waals surface area contributed by atoms with Gasteiger partial charge in [0.05, 0.1) is 28.4 Å². The maximum Gasteiger partial charge on any atom is 0.239 e. The highest BCUT2D eigenvalue weighted by atomic mass is 32.1. The molecule has 3 aromatic rings. The number of anilines is 1. The molecular weight excluding hydrogens is 388 g/mol. The summed E-state index contributed by atoms with van der Waals surface area (Å²) in [6.45, 7) is 1.24. The summed E-state index contributed by atoms with van der Waals surface area (Å²) >= 11 is 3.30. The quantitative estimate of drug-likeness (QED) is 0.690. The normalized spacial score (nSPS) is 19.0. The number of thiazole rings is 1. The second-order valence-electron chi connectivity index (χ2n) is 7.37. The highest BCUT2D eigenvalue weighted by Gasteiger charge is 2.31. The minimum Gasteiger partial charge on any atom is -0.315 e. The first kappa shape index (κ1) is 17.8. The molecule has 28 heavy (non-hydrogen) atoms. The van der Waals surface area contributed by atoms with Gasteiger partial charge in [0.15, 0.2) is 0 Å². The number of hydrogen-bond acceptors (Lipinski definition) is 6. The number of para-hydroxylation sites is 1. The van der Waals surface area contributed by atoms with Crippen molar-refractivity contribution in [3.63, 3.8) is 0 Å². The molecule has 1 amide bonds. The van der Waals surface area contributed by atoms with Gasteiger partial charge in [0.2, 0.25) is 5.91 Å². The Balaban J connectivity index is 1.31. The fraction of sp³-hybridized carbons (Fsp3) is 0.381. The number of nitriles is 1. The van der Waals surface area contributed by atoms with Gasteiger partial charge in [-0.05, 0) is 56.3 Å². The van der Waals surface area contributed by atoms with E-state index in [2.05, 4.69) is 22.4 Å². The molecule has 3 heterocycles. The maximum absolute atomic E-state index is 12.7. The molecule has 2 aliphatic rings. The van der Waals surface area contributed by atoms with Crippen molar-refractivity contribution in [2.75, 3.05) is 18.4 Å². The number of benzene rings is 1. The third-order valence-corrected chi connectivity index (χ3v) is 7.94. The topological polar surface area (TPSA) is 69.0 Å². The number of carbonyl (C=O) groups excluding carboxylic acids is 1. The minimum absolute atomic E-state index is 0.0376. The predicted octanol–water partition coefficient (Wildman–Crippen LogP) is 4.49. The average Bonchev–Trinajstić information content (AvgIpc) is 3.44. The van der Waals surface area contributed by atoms with Gasteiger partial charge >= 0.3 is 0 Å². The predicted molar refractivity (Wildman–Crippen MR) is 113 cm³/mol. The zero-order chi connectivity index (χ0) is 19.1. The Bertz CT molecular complexity index is 1060. The van der Waals surface area contributed by atoms with Gasteiger partial charge in [0.1, 0.15) is 16.1 Å². The van der Waals surface area contributed by atoms with E-state index in [4.69, 9.17) is 4.98 Å². The fourth-order valence-corrected chi connectivity index (χ4v) is 6.68. The highest BCUT2D eigenvalue weighted by Crippen LogP contribution is 2.39. The number of aryl methyl sites for hydroxylation is 1. The lowest BCUT2D eigenvalue weighted by Crippen LogP contribution is -2.32. The van der Waals surface area contributed by atoms with E-state index in [0.717, 1.165) is 59.7 Å². The van der Waals surface area contributed by atoms with E-state index in [0.29, 0.717) is 12.1 Å². The average molecular weight is 409 g/mol. The number of nitrogens with zero attached hydrogens (tertiary/aromatic N) is 3. The summed E-state index contributed by atoms with van der Waals surface area (Å²) in [6.07, 6.45) is 5.20. The summed E-state index contributed by atoms with van der Waals surface area (Å²) in [7, 11) is 0. The van der Waals surface area contributed by atoms with Gasteiger partial charge in [-0.25, -0.2) is 4.98 Å². The van der Waals surface area contributed by atoms with Crippen LogP contribution in [0.3, 0.4) is 0 Å². The Morgan fingerprint density at radius 2 is 2.18 bits per heavy atom. The van der Waals surface area contributed by atoms with Gasteiger partial charge in [-0.3, -0.25) is 9.69 Å². The fourth-order valence-electron chi connectivity index (χ4n) is 4.29. The van der Waals surface area contributed by atoms with Crippen molar-refractivity contribution in [1.29, 1.82) is 5.26 Å². The Labute approximate surface area is 171 Å². The molecule has 142 valence electrons. The summed E-state index contributed by atoms with van der Waals surface area (Å²) in [6, 6.07) is 10.7. The molecule has 0 radical (unpaired) electrons. The van der Waals surface area contributed by atoms with E-state index in [-0.39, 0.29) is 11.9 Å². The first-order valence-corrected chi connectivity index (χ1v) is 11.3. The van der Waals surface area contributed by atoms with E-state index in [1.54, 1.807) is 22.7 Å². The molecule has 7 heteroatoms. The minimum atomic E-state index is -0.0376. The summed E-state index contributed by atoms with van der Waals surface area (Å²) in [5.41, 5.74) is 2.86. The molecule has 2 aromatic heterocycles. The standard InChI is InChI=1S/C21H20N4OS2/c22-11-14-13-5-3-9-17(13)27-20(14)24-19(26)12-25-10-4-7-16(25)21-23-15-6-1-2-8-18(15)28-21/h1-2,6,8,16H,3-5,7,9-10,12H2,(H,24,26). The van der Waals surface area contributed by atoms with Gasteiger partial charge in [-0.2, -0.15) is 5.26 Å². The van der Waals surface area contributed by atoms with Gasteiger partial charge < -0.3 is 5.32 Å². The molecule has 5 rings (SSSR count). The number of rotatable bonds is 4. The summed E-state index contributed by atoms with van der Waals surface area (Å²) < 4.78 is 1.19. The highest BCUT2D eigenvalue weighted by molar-refractivity contribution is 7.18. The molecule has 1 saturated heterocycles. The van der Waals surface area contributed by atoms with Gasteiger partial charge in [0.25, 0.3) is 0 Å². The second-order valence-corrected chi connectivity index (χ2v) is 9.54. The number of carbonyl (C=O) groups is 1. The molecule has 1 unspecified atom stereocenters. The number of aromatic nitrogens is 1. The Kier molecular flexibility index (Phi) is 4.63. The van der Waals surface area contributed by atoms with Crippen LogP contribution in [0.2, 0.25) is 0 Å². The van der Waals surface area contributed by atoms with Crippen molar-refractivity contribution in [1.82, 2.24) is 9.88 Å². The molecule has 1 fully saturated rings. The Morgan fingerprint density at radius 1 is 1.29 bits per heavy atom. The first-order valence-electron chi connectivity index (χ1n) is 9.67. The number of amides is 1. The monoisotopic (exact) mass is 408 g/mol. The zero-order valence-electron chi connectivity index (χ0n) is 15.4. The molecule has 1 N–H and O–H groups in total. The van der Waals surface area contributed by atoms with Crippen molar-refractivity contribution in [3.8, 4) is 6.07 Å². The molecule has 5 nitrogen and oxygen atoms in total. The van der Waals surface area contributed by atoms with Crippen molar-refractivity contribution in [2.45, 2.75) is 38.1 Å². The molecule has 0 bridgehead atoms. The van der Waals surface area contributed by atoms with Crippen LogP contribution in [0.5, 0.6) is 0 Å². The van der Waals surface area contributed by atoms with Crippen LogP contribution in [0.15, 0.2) is 24.3 Å². The van der Waals surface area contributed by atoms with Crippen molar-refractivity contribution in [2.24, 2.45) is 0 Å². The largest absolute Gasteiger partial charge is 0.315 e. The van der Waals surface area contributed by atoms with Crippen LogP contribution in [0, 0.1) is 11.3 Å². The Morgan fingerprint density at radius 3 is 3.04 bits per heavy atom. The molecule has 1 atom stereocenters. The van der Waals surface area contributed by atoms with Crippen molar-refractivity contribution < 1.29 is 4.79 Å². The van der Waals surface area contributed by atoms with Crippen LogP contribution < -0.4 is 5.32 Å². The van der Waals surface area contributed by atoms with Crippen molar-refractivity contribution >= 4 is 43.8 Å². The van der Waals surface area contributed by atoms with Gasteiger partial charge in [-0.15, -0.1) is 22.7 Å². The number of thiophene rings is 1. The van der Waals surface area contributed by atoms with Crippen LogP contribution in [0.4, 0.5) is 5.00 Å². The van der Waals surface area contributed by atoms with E-state index in [1.165, 1.54) is 9.58 Å². The summed E-state index contributed by atoms with van der Waals surface area (Å²) in [5.74, 6) is -0.0376. The third-order valence-electron chi connectivity index (χ3n) is 5.59. The second kappa shape index (κ2) is 7.28. The van der Waals surface area contributed by atoms with E-state index in [1.807, 2.05) is 18.2 Å². The smallest absolute Gasteiger partial charge is 0.239 e. The maximum atomic E-state index is 12.7. The Hall–Kier alpha value is -2.27. The zero-order valence-corrected chi connectivity index (χ0v) is 17.0. The van der Waals surface area contributed by atoms with Gasteiger partial charge in [-0.1, -0.05) is 12.1 Å². The molecule has 0 spiro atoms. The third kappa shape index (κ3) is 3.12. The molecule has 0 saturated carbocycles. The lowest BCUT2D eigenvalue weighted by Gasteiger charge is -2.21.